The molecule has 0 heterocycles. The molecule has 0 unspecified atom stereocenters. The average molecular weight is 505 g/mol. The van der Waals surface area contributed by atoms with Crippen molar-refractivity contribution in [3.05, 3.63) is 11.1 Å². The summed E-state index contributed by atoms with van der Waals surface area (Å²) in [5.74, 6) is 1.69. The summed E-state index contributed by atoms with van der Waals surface area (Å²) in [4.78, 5) is 13.0. The number of carbonyl (C=O) groups excluding carboxylic acids is 1. The van der Waals surface area contributed by atoms with Crippen molar-refractivity contribution < 1.29 is 24.9 Å². The van der Waals surface area contributed by atoms with Crippen LogP contribution in [0, 0.1) is 39.4 Å². The first kappa shape index (κ1) is 28.3. The van der Waals surface area contributed by atoms with E-state index in [0.29, 0.717) is 36.4 Å². The molecule has 0 radical (unpaired) electrons. The van der Waals surface area contributed by atoms with Crippen LogP contribution in [0.5, 0.6) is 0 Å². The lowest BCUT2D eigenvalue weighted by molar-refractivity contribution is -0.142. The van der Waals surface area contributed by atoms with Crippen molar-refractivity contribution in [2.45, 2.75) is 124 Å². The van der Waals surface area contributed by atoms with E-state index in [9.17, 15) is 20.1 Å². The zero-order valence-corrected chi connectivity index (χ0v) is 24.1. The Morgan fingerprint density at radius 1 is 1.08 bits per heavy atom. The molecule has 0 saturated heterocycles. The summed E-state index contributed by atoms with van der Waals surface area (Å²) < 4.78 is 6.27. The molecule has 0 bridgehead atoms. The number of ketones is 1. The Balaban J connectivity index is 1.66. The minimum Gasteiger partial charge on any atom is -0.393 e. The van der Waals surface area contributed by atoms with Crippen LogP contribution in [-0.2, 0) is 9.53 Å². The van der Waals surface area contributed by atoms with E-state index in [0.717, 1.165) is 44.9 Å². The van der Waals surface area contributed by atoms with Crippen LogP contribution in [-0.4, -0.2) is 52.6 Å². The monoisotopic (exact) mass is 504 g/mol. The van der Waals surface area contributed by atoms with Crippen molar-refractivity contribution in [1.29, 1.82) is 0 Å². The van der Waals surface area contributed by atoms with Crippen molar-refractivity contribution >= 4 is 5.78 Å². The van der Waals surface area contributed by atoms with Gasteiger partial charge in [0.2, 0.25) is 0 Å². The van der Waals surface area contributed by atoms with Gasteiger partial charge in [-0.1, -0.05) is 47.1 Å². The highest BCUT2D eigenvalue weighted by atomic mass is 16.5. The zero-order valence-electron chi connectivity index (χ0n) is 24.1. The number of aliphatic hydroxyl groups is 3. The summed E-state index contributed by atoms with van der Waals surface area (Å²) in [6, 6.07) is 0. The minimum absolute atomic E-state index is 0.0645. The van der Waals surface area contributed by atoms with Crippen LogP contribution >= 0.6 is 0 Å². The van der Waals surface area contributed by atoms with E-state index in [-0.39, 0.29) is 27.8 Å². The Kier molecular flexibility index (Phi) is 7.20. The van der Waals surface area contributed by atoms with Crippen LogP contribution in [0.2, 0.25) is 0 Å². The number of carbonyl (C=O) groups is 1. The highest BCUT2D eigenvalue weighted by molar-refractivity contribution is 5.85. The molecule has 0 aromatic carbocycles. The van der Waals surface area contributed by atoms with Gasteiger partial charge in [-0.3, -0.25) is 4.79 Å². The van der Waals surface area contributed by atoms with Gasteiger partial charge in [0.1, 0.15) is 11.4 Å². The van der Waals surface area contributed by atoms with Gasteiger partial charge in [0, 0.05) is 18.9 Å². The first-order valence-corrected chi connectivity index (χ1v) is 14.4. The molecule has 0 spiro atoms. The predicted octanol–water partition coefficient (Wildman–Crippen LogP) is 5.45. The summed E-state index contributed by atoms with van der Waals surface area (Å²) in [7, 11) is 1.86. The molecule has 3 N–H and O–H groups in total. The molecule has 0 aromatic heterocycles. The third kappa shape index (κ3) is 3.89. The van der Waals surface area contributed by atoms with Gasteiger partial charge in [0.05, 0.1) is 18.8 Å². The number of fused-ring (bicyclic) bond motifs is 4. The summed E-state index contributed by atoms with van der Waals surface area (Å²) in [6.07, 6.45) is 7.62. The molecule has 4 aliphatic carbocycles. The normalized spacial score (nSPS) is 43.3. The molecule has 4 rings (SSSR count). The standard InChI is InChI=1S/C31H52O5/c1-19(9-10-25(34)31(7,35)18-32)20-11-16-30(6)26-21(12-15-29(20,30)5)28(4)14-13-24(33)27(2,3)23(28)17-22(26)36-8/h19-20,22-23,25,32,34-35H,9-18H2,1-8H3/t19-,20+,22-,23+,25-,28-,29-,30-,31-/m1/s1. The third-order valence-corrected chi connectivity index (χ3v) is 12.4. The van der Waals surface area contributed by atoms with Crippen LogP contribution in [0.15, 0.2) is 11.1 Å². The molecule has 2 saturated carbocycles. The van der Waals surface area contributed by atoms with Gasteiger partial charge >= 0.3 is 0 Å². The number of allylic oxidation sites excluding steroid dienone is 1. The van der Waals surface area contributed by atoms with Crippen LogP contribution in [0.25, 0.3) is 0 Å². The SMILES string of the molecule is CO[C@@H]1C[C@H]2C(C)(C)C(=O)CC[C@]2(C)C2=C1[C@@]1(C)CC[C@@H]([C@H](C)CC[C@@H](O)[C@](C)(O)CO)[C@@]1(C)CC2. The van der Waals surface area contributed by atoms with Gasteiger partial charge in [-0.2, -0.15) is 0 Å². The maximum absolute atomic E-state index is 13.0. The highest BCUT2D eigenvalue weighted by Crippen LogP contribution is 2.72. The predicted molar refractivity (Wildman–Crippen MR) is 142 cm³/mol. The van der Waals surface area contributed by atoms with Gasteiger partial charge in [-0.15, -0.1) is 0 Å². The van der Waals surface area contributed by atoms with E-state index < -0.39 is 18.3 Å². The number of hydrogen-bond acceptors (Lipinski definition) is 5. The summed E-state index contributed by atoms with van der Waals surface area (Å²) in [5, 5.41) is 30.2. The topological polar surface area (TPSA) is 87.0 Å². The Hall–Kier alpha value is -0.750. The van der Waals surface area contributed by atoms with E-state index in [1.54, 1.807) is 11.1 Å². The van der Waals surface area contributed by atoms with E-state index in [4.69, 9.17) is 4.74 Å². The van der Waals surface area contributed by atoms with Crippen molar-refractivity contribution in [3.63, 3.8) is 0 Å². The second-order valence-electron chi connectivity index (χ2n) is 14.4. The first-order valence-electron chi connectivity index (χ1n) is 14.4. The fourth-order valence-electron chi connectivity index (χ4n) is 9.63. The number of Topliss-reactive ketones (excluding diaryl/α,β-unsaturated/α-hetero) is 1. The number of ether oxygens (including phenoxy) is 1. The second-order valence-corrected chi connectivity index (χ2v) is 14.4. The summed E-state index contributed by atoms with van der Waals surface area (Å²) >= 11 is 0. The number of aliphatic hydroxyl groups excluding tert-OH is 2. The fraction of sp³-hybridized carbons (Fsp3) is 0.903. The largest absolute Gasteiger partial charge is 0.393 e. The number of methoxy groups -OCH3 is 1. The van der Waals surface area contributed by atoms with Crippen LogP contribution in [0.3, 0.4) is 0 Å². The van der Waals surface area contributed by atoms with Crippen LogP contribution < -0.4 is 0 Å². The second kappa shape index (κ2) is 9.17. The molecule has 0 amide bonds. The van der Waals surface area contributed by atoms with E-state index >= 15 is 0 Å². The van der Waals surface area contributed by atoms with Crippen LogP contribution in [0.1, 0.15) is 106 Å². The smallest absolute Gasteiger partial charge is 0.138 e. The highest BCUT2D eigenvalue weighted by Gasteiger charge is 2.65. The van der Waals surface area contributed by atoms with Crippen molar-refractivity contribution in [2.75, 3.05) is 13.7 Å². The van der Waals surface area contributed by atoms with Crippen molar-refractivity contribution in [1.82, 2.24) is 0 Å². The fourth-order valence-corrected chi connectivity index (χ4v) is 9.63. The number of hydrogen-bond donors (Lipinski definition) is 3. The molecule has 9 atom stereocenters. The van der Waals surface area contributed by atoms with E-state index in [2.05, 4.69) is 41.5 Å². The lowest BCUT2D eigenvalue weighted by Crippen LogP contribution is -2.57. The quantitative estimate of drug-likeness (QED) is 0.401. The first-order chi connectivity index (χ1) is 16.6. The zero-order chi connectivity index (χ0) is 26.9. The van der Waals surface area contributed by atoms with E-state index in [1.807, 2.05) is 7.11 Å². The lowest BCUT2D eigenvalue weighted by atomic mass is 9.43. The molecule has 0 aliphatic heterocycles. The van der Waals surface area contributed by atoms with Crippen LogP contribution in [0.4, 0.5) is 0 Å². The van der Waals surface area contributed by atoms with E-state index in [1.165, 1.54) is 6.92 Å². The van der Waals surface area contributed by atoms with Gasteiger partial charge in [-0.05, 0) is 97.9 Å². The average Bonchev–Trinajstić information content (AvgIpc) is 3.11. The van der Waals surface area contributed by atoms with Gasteiger partial charge in [-0.25, -0.2) is 0 Å². The maximum atomic E-state index is 13.0. The molecule has 2 fully saturated rings. The molecule has 36 heavy (non-hydrogen) atoms. The Morgan fingerprint density at radius 3 is 2.36 bits per heavy atom. The molecular weight excluding hydrogens is 452 g/mol. The van der Waals surface area contributed by atoms with Gasteiger partial charge in [0.15, 0.2) is 0 Å². The number of rotatable bonds is 7. The minimum atomic E-state index is -1.45. The third-order valence-electron chi connectivity index (χ3n) is 12.4. The Morgan fingerprint density at radius 2 is 1.75 bits per heavy atom. The molecule has 4 aliphatic rings. The van der Waals surface area contributed by atoms with Crippen molar-refractivity contribution in [2.24, 2.45) is 39.4 Å². The molecular formula is C31H52O5. The van der Waals surface area contributed by atoms with Gasteiger partial charge in [0.25, 0.3) is 0 Å². The molecule has 5 nitrogen and oxygen atoms in total. The molecule has 206 valence electrons. The molecule has 0 aromatic rings. The summed E-state index contributed by atoms with van der Waals surface area (Å²) in [5.41, 5.74) is 1.68. The maximum Gasteiger partial charge on any atom is 0.138 e. The Bertz CT molecular complexity index is 905. The molecule has 5 heteroatoms. The summed E-state index contributed by atoms with van der Waals surface area (Å²) in [6.45, 7) is 15.2. The Labute approximate surface area is 219 Å². The lowest BCUT2D eigenvalue weighted by Gasteiger charge is -2.62. The van der Waals surface area contributed by atoms with Crippen molar-refractivity contribution in [3.8, 4) is 0 Å². The van der Waals surface area contributed by atoms with Gasteiger partial charge < -0.3 is 20.1 Å².